The van der Waals surface area contributed by atoms with Gasteiger partial charge in [-0.05, 0) is 12.1 Å². The van der Waals surface area contributed by atoms with E-state index in [-0.39, 0.29) is 17.3 Å². The van der Waals surface area contributed by atoms with Crippen molar-refractivity contribution in [1.82, 2.24) is 9.97 Å². The lowest BCUT2D eigenvalue weighted by Crippen LogP contribution is -2.25. The fourth-order valence-electron chi connectivity index (χ4n) is 1.41. The van der Waals surface area contributed by atoms with E-state index in [9.17, 15) is 14.4 Å². The van der Waals surface area contributed by atoms with E-state index in [1.807, 2.05) is 4.98 Å². The predicted molar refractivity (Wildman–Crippen MR) is 68.3 cm³/mol. The molecule has 0 unspecified atom stereocenters. The van der Waals surface area contributed by atoms with E-state index in [0.717, 1.165) is 0 Å². The third-order valence-corrected chi connectivity index (χ3v) is 2.71. The zero-order valence-electron chi connectivity index (χ0n) is 9.60. The van der Waals surface area contributed by atoms with Crippen LogP contribution in [0.3, 0.4) is 0 Å². The van der Waals surface area contributed by atoms with Crippen molar-refractivity contribution in [1.29, 1.82) is 0 Å². The smallest absolute Gasteiger partial charge is 0.338 e. The van der Waals surface area contributed by atoms with Gasteiger partial charge in [0.15, 0.2) is 0 Å². The third-order valence-electron chi connectivity index (χ3n) is 2.31. The molecule has 2 aromatic rings. The summed E-state index contributed by atoms with van der Waals surface area (Å²) in [4.78, 5) is 38.2. The van der Waals surface area contributed by atoms with Gasteiger partial charge in [-0.25, -0.2) is 9.59 Å². The van der Waals surface area contributed by atoms with Crippen LogP contribution in [0.25, 0.3) is 0 Å². The van der Waals surface area contributed by atoms with Crippen molar-refractivity contribution in [2.24, 2.45) is 0 Å². The molecule has 0 atom stereocenters. The monoisotopic (exact) mass is 280 g/mol. The zero-order valence-corrected chi connectivity index (χ0v) is 10.4. The Labute approximate surface area is 112 Å². The second-order valence-corrected chi connectivity index (χ2v) is 4.02. The van der Waals surface area contributed by atoms with E-state index in [1.54, 1.807) is 30.3 Å². The molecule has 98 valence electrons. The molecule has 0 aliphatic rings. The summed E-state index contributed by atoms with van der Waals surface area (Å²) in [6, 6.07) is 8.33. The lowest BCUT2D eigenvalue weighted by Gasteiger charge is -2.05. The molecule has 2 N–H and O–H groups in total. The minimum Gasteiger partial charge on any atom is -0.456 e. The van der Waals surface area contributed by atoms with Gasteiger partial charge in [-0.3, -0.25) is 9.78 Å². The van der Waals surface area contributed by atoms with Crippen molar-refractivity contribution in [3.05, 3.63) is 67.4 Å². The molecular formula is C12H9ClN2O4. The van der Waals surface area contributed by atoms with E-state index < -0.39 is 17.2 Å². The molecule has 0 aliphatic heterocycles. The molecule has 0 aliphatic carbocycles. The molecule has 19 heavy (non-hydrogen) atoms. The maximum atomic E-state index is 11.7. The van der Waals surface area contributed by atoms with E-state index >= 15 is 0 Å². The standard InChI is InChI=1S/C12H9ClN2O4/c13-9-8(14-12(18)15-10(9)16)6-19-11(17)7-4-2-1-3-5-7/h1-5H,6H2,(H2,14,15,16,18). The number of hydrogen-bond donors (Lipinski definition) is 2. The summed E-state index contributed by atoms with van der Waals surface area (Å²) >= 11 is 5.69. The Hall–Kier alpha value is -2.34. The van der Waals surface area contributed by atoms with Crippen LogP contribution >= 0.6 is 11.6 Å². The predicted octanol–water partition coefficient (Wildman–Crippen LogP) is 1.07. The largest absolute Gasteiger partial charge is 0.456 e. The average Bonchev–Trinajstić information content (AvgIpc) is 2.41. The summed E-state index contributed by atoms with van der Waals surface area (Å²) < 4.78 is 4.96. The Morgan fingerprint density at radius 1 is 1.16 bits per heavy atom. The van der Waals surface area contributed by atoms with Crippen molar-refractivity contribution in [2.45, 2.75) is 6.61 Å². The van der Waals surface area contributed by atoms with Crippen molar-refractivity contribution >= 4 is 17.6 Å². The molecule has 7 heteroatoms. The molecule has 0 spiro atoms. The quantitative estimate of drug-likeness (QED) is 0.823. The number of carbonyl (C=O) groups excluding carboxylic acids is 1. The molecule has 0 bridgehead atoms. The Balaban J connectivity index is 2.14. The molecule has 2 rings (SSSR count). The van der Waals surface area contributed by atoms with Crippen LogP contribution in [0.5, 0.6) is 0 Å². The molecule has 0 radical (unpaired) electrons. The van der Waals surface area contributed by atoms with Crippen molar-refractivity contribution in [3.63, 3.8) is 0 Å². The topological polar surface area (TPSA) is 92.0 Å². The summed E-state index contributed by atoms with van der Waals surface area (Å²) in [6.45, 7) is -0.286. The number of hydrogen-bond acceptors (Lipinski definition) is 4. The van der Waals surface area contributed by atoms with Crippen molar-refractivity contribution in [3.8, 4) is 0 Å². The molecule has 0 saturated carbocycles. The Kier molecular flexibility index (Phi) is 3.82. The van der Waals surface area contributed by atoms with Gasteiger partial charge < -0.3 is 9.72 Å². The molecular weight excluding hydrogens is 272 g/mol. The Morgan fingerprint density at radius 2 is 1.84 bits per heavy atom. The molecule has 1 aromatic carbocycles. The number of aromatic nitrogens is 2. The van der Waals surface area contributed by atoms with E-state index in [4.69, 9.17) is 16.3 Å². The van der Waals surface area contributed by atoms with Crippen LogP contribution in [-0.2, 0) is 11.3 Å². The zero-order chi connectivity index (χ0) is 13.8. The molecule has 1 heterocycles. The average molecular weight is 281 g/mol. The maximum absolute atomic E-state index is 11.7. The van der Waals surface area contributed by atoms with Gasteiger partial charge in [-0.2, -0.15) is 0 Å². The number of halogens is 1. The minimum atomic E-state index is -0.726. The van der Waals surface area contributed by atoms with Gasteiger partial charge in [0.05, 0.1) is 11.3 Å². The van der Waals surface area contributed by atoms with Crippen LogP contribution in [0.2, 0.25) is 5.02 Å². The van der Waals surface area contributed by atoms with Gasteiger partial charge >= 0.3 is 11.7 Å². The maximum Gasteiger partial charge on any atom is 0.338 e. The van der Waals surface area contributed by atoms with E-state index in [2.05, 4.69) is 4.98 Å². The van der Waals surface area contributed by atoms with Crippen LogP contribution in [0.4, 0.5) is 0 Å². The third kappa shape index (κ3) is 3.11. The van der Waals surface area contributed by atoms with Gasteiger partial charge in [0.1, 0.15) is 11.6 Å². The normalized spacial score (nSPS) is 10.2. The second kappa shape index (κ2) is 5.53. The molecule has 0 saturated heterocycles. The minimum absolute atomic E-state index is 0.0553. The number of esters is 1. The Morgan fingerprint density at radius 3 is 2.53 bits per heavy atom. The summed E-state index contributed by atoms with van der Waals surface area (Å²) in [5, 5.41) is -0.208. The van der Waals surface area contributed by atoms with Crippen LogP contribution in [-0.4, -0.2) is 15.9 Å². The number of H-pyrrole nitrogens is 2. The fraction of sp³-hybridized carbons (Fsp3) is 0.0833. The number of ether oxygens (including phenoxy) is 1. The summed E-state index contributed by atoms with van der Waals surface area (Å²) in [7, 11) is 0. The van der Waals surface area contributed by atoms with Gasteiger partial charge in [0, 0.05) is 0 Å². The van der Waals surface area contributed by atoms with Crippen LogP contribution in [0, 0.1) is 0 Å². The highest BCUT2D eigenvalue weighted by Gasteiger charge is 2.11. The highest BCUT2D eigenvalue weighted by Crippen LogP contribution is 2.08. The second-order valence-electron chi connectivity index (χ2n) is 3.64. The van der Waals surface area contributed by atoms with Gasteiger partial charge in [0.2, 0.25) is 0 Å². The lowest BCUT2D eigenvalue weighted by molar-refractivity contribution is 0.0467. The number of nitrogens with one attached hydrogen (secondary N) is 2. The fourth-order valence-corrected chi connectivity index (χ4v) is 1.56. The number of carbonyl (C=O) groups is 1. The summed E-state index contributed by atoms with van der Waals surface area (Å²) in [5.41, 5.74) is -1.01. The molecule has 0 amide bonds. The first-order chi connectivity index (χ1) is 9.08. The molecule has 6 nitrogen and oxygen atoms in total. The number of aromatic amines is 2. The summed E-state index contributed by atoms with van der Waals surface area (Å²) in [5.74, 6) is -0.571. The first-order valence-electron chi connectivity index (χ1n) is 5.31. The number of benzene rings is 1. The highest BCUT2D eigenvalue weighted by atomic mass is 35.5. The highest BCUT2D eigenvalue weighted by molar-refractivity contribution is 6.30. The van der Waals surface area contributed by atoms with Gasteiger partial charge in [-0.1, -0.05) is 29.8 Å². The van der Waals surface area contributed by atoms with Gasteiger partial charge in [0.25, 0.3) is 5.56 Å². The van der Waals surface area contributed by atoms with E-state index in [0.29, 0.717) is 5.56 Å². The van der Waals surface area contributed by atoms with Crippen molar-refractivity contribution < 1.29 is 9.53 Å². The first-order valence-corrected chi connectivity index (χ1v) is 5.69. The Bertz CT molecular complexity index is 706. The van der Waals surface area contributed by atoms with Crippen LogP contribution in [0.15, 0.2) is 39.9 Å². The van der Waals surface area contributed by atoms with E-state index in [1.165, 1.54) is 0 Å². The van der Waals surface area contributed by atoms with Crippen molar-refractivity contribution in [2.75, 3.05) is 0 Å². The molecule has 0 fully saturated rings. The first kappa shape index (κ1) is 13.1. The molecule has 1 aromatic heterocycles. The SMILES string of the molecule is O=C(OCc1[nH]c(=O)[nH]c(=O)c1Cl)c1ccccc1. The van der Waals surface area contributed by atoms with Crippen LogP contribution < -0.4 is 11.2 Å². The van der Waals surface area contributed by atoms with Crippen LogP contribution in [0.1, 0.15) is 16.1 Å². The number of rotatable bonds is 3. The summed E-state index contributed by atoms with van der Waals surface area (Å²) in [6.07, 6.45) is 0. The van der Waals surface area contributed by atoms with Gasteiger partial charge in [-0.15, -0.1) is 0 Å². The lowest BCUT2D eigenvalue weighted by atomic mass is 10.2.